The zero-order chi connectivity index (χ0) is 20.9. The van der Waals surface area contributed by atoms with Crippen molar-refractivity contribution in [2.24, 2.45) is 0 Å². The fraction of sp³-hybridized carbons (Fsp3) is 0.435. The Morgan fingerprint density at radius 3 is 2.47 bits per heavy atom. The number of carbonyl (C=O) groups excluding carboxylic acids is 1. The molecule has 2 aromatic carbocycles. The van der Waals surface area contributed by atoms with Crippen molar-refractivity contribution in [3.05, 3.63) is 64.7 Å². The number of hydrogen-bond donors (Lipinski definition) is 3. The van der Waals surface area contributed by atoms with Crippen LogP contribution in [-0.2, 0) is 11.2 Å². The van der Waals surface area contributed by atoms with E-state index in [9.17, 15) is 4.79 Å². The molecule has 7 heteroatoms. The van der Waals surface area contributed by atoms with Gasteiger partial charge in [0, 0.05) is 30.2 Å². The van der Waals surface area contributed by atoms with Crippen molar-refractivity contribution in [3.8, 4) is 5.75 Å². The van der Waals surface area contributed by atoms with E-state index < -0.39 is 0 Å². The molecule has 0 spiro atoms. The van der Waals surface area contributed by atoms with E-state index in [0.717, 1.165) is 43.7 Å². The number of methoxy groups -OCH3 is 1. The average Bonchev–Trinajstić information content (AvgIpc) is 3.26. The van der Waals surface area contributed by atoms with Gasteiger partial charge in [-0.25, -0.2) is 10.9 Å². The third kappa shape index (κ3) is 5.32. The summed E-state index contributed by atoms with van der Waals surface area (Å²) in [5.41, 5.74) is 9.11. The van der Waals surface area contributed by atoms with E-state index in [4.69, 9.17) is 16.3 Å². The highest BCUT2D eigenvalue weighted by Crippen LogP contribution is 2.27. The van der Waals surface area contributed by atoms with Gasteiger partial charge in [0.05, 0.1) is 19.7 Å². The summed E-state index contributed by atoms with van der Waals surface area (Å²) in [6, 6.07) is 16.2. The second-order valence-electron chi connectivity index (χ2n) is 8.05. The number of carbonyl (C=O) groups is 1. The second-order valence-corrected chi connectivity index (χ2v) is 8.48. The van der Waals surface area contributed by atoms with Gasteiger partial charge in [-0.1, -0.05) is 35.9 Å². The van der Waals surface area contributed by atoms with Gasteiger partial charge in [-0.3, -0.25) is 9.69 Å². The zero-order valence-electron chi connectivity index (χ0n) is 17.2. The first-order valence-electron chi connectivity index (χ1n) is 10.5. The smallest absolute Gasteiger partial charge is 0.224 e. The maximum Gasteiger partial charge on any atom is 0.224 e. The Bertz CT molecular complexity index is 835. The number of hydrogen-bond acceptors (Lipinski definition) is 5. The van der Waals surface area contributed by atoms with Crippen LogP contribution in [0.1, 0.15) is 36.4 Å². The molecule has 0 bridgehead atoms. The monoisotopic (exact) mass is 428 g/mol. The fourth-order valence-electron chi connectivity index (χ4n) is 4.26. The van der Waals surface area contributed by atoms with Crippen LogP contribution in [0.4, 0.5) is 0 Å². The van der Waals surface area contributed by atoms with Gasteiger partial charge in [-0.15, -0.1) is 0 Å². The Morgan fingerprint density at radius 2 is 1.80 bits per heavy atom. The lowest BCUT2D eigenvalue weighted by Crippen LogP contribution is -2.51. The Morgan fingerprint density at radius 1 is 1.10 bits per heavy atom. The van der Waals surface area contributed by atoms with Crippen molar-refractivity contribution in [2.75, 3.05) is 20.2 Å². The van der Waals surface area contributed by atoms with Crippen LogP contribution < -0.4 is 20.9 Å². The van der Waals surface area contributed by atoms with Gasteiger partial charge in [-0.05, 0) is 54.7 Å². The maximum atomic E-state index is 12.4. The molecule has 2 aliphatic rings. The Balaban J connectivity index is 1.21. The van der Waals surface area contributed by atoms with Gasteiger partial charge in [0.2, 0.25) is 5.91 Å². The number of benzene rings is 2. The number of nitrogens with one attached hydrogen (secondary N) is 3. The van der Waals surface area contributed by atoms with E-state index in [1.807, 2.05) is 36.4 Å². The standard InChI is InChI=1S/C23H29ClN4O2/c1-30-20-8-4-17(5-9-20)21-15-22(27-26-21)28-12-10-19(11-13-28)25-23(29)14-16-2-6-18(24)7-3-16/h2-9,19,21-22,26-27H,10-15H2,1H3,(H,25,29). The molecule has 0 radical (unpaired) electrons. The summed E-state index contributed by atoms with van der Waals surface area (Å²) in [7, 11) is 1.68. The summed E-state index contributed by atoms with van der Waals surface area (Å²) in [5, 5.41) is 3.88. The van der Waals surface area contributed by atoms with Crippen LogP contribution in [0.5, 0.6) is 5.75 Å². The molecule has 2 aliphatic heterocycles. The fourth-order valence-corrected chi connectivity index (χ4v) is 4.38. The minimum Gasteiger partial charge on any atom is -0.497 e. The quantitative estimate of drug-likeness (QED) is 0.660. The molecule has 6 nitrogen and oxygen atoms in total. The molecule has 2 saturated heterocycles. The minimum absolute atomic E-state index is 0.0796. The number of nitrogens with zero attached hydrogens (tertiary/aromatic N) is 1. The van der Waals surface area contributed by atoms with Crippen LogP contribution in [0.3, 0.4) is 0 Å². The van der Waals surface area contributed by atoms with Crippen molar-refractivity contribution in [1.29, 1.82) is 0 Å². The molecule has 4 rings (SSSR count). The maximum absolute atomic E-state index is 12.4. The van der Waals surface area contributed by atoms with Gasteiger partial charge in [-0.2, -0.15) is 0 Å². The van der Waals surface area contributed by atoms with Crippen molar-refractivity contribution < 1.29 is 9.53 Å². The molecule has 2 unspecified atom stereocenters. The lowest BCUT2D eigenvalue weighted by Gasteiger charge is -2.35. The Labute approximate surface area is 182 Å². The summed E-state index contributed by atoms with van der Waals surface area (Å²) < 4.78 is 5.24. The first-order valence-corrected chi connectivity index (χ1v) is 10.9. The van der Waals surface area contributed by atoms with E-state index in [1.54, 1.807) is 7.11 Å². The van der Waals surface area contributed by atoms with E-state index in [2.05, 4.69) is 33.2 Å². The molecule has 2 heterocycles. The van der Waals surface area contributed by atoms with Crippen LogP contribution in [0.2, 0.25) is 5.02 Å². The van der Waals surface area contributed by atoms with E-state index in [1.165, 1.54) is 5.56 Å². The summed E-state index contributed by atoms with van der Waals surface area (Å²) in [6.07, 6.45) is 3.66. The number of amides is 1. The van der Waals surface area contributed by atoms with Gasteiger partial charge in [0.25, 0.3) is 0 Å². The van der Waals surface area contributed by atoms with Crippen molar-refractivity contribution in [2.45, 2.75) is 43.9 Å². The van der Waals surface area contributed by atoms with E-state index in [-0.39, 0.29) is 18.0 Å². The lowest BCUT2D eigenvalue weighted by atomic mass is 10.0. The average molecular weight is 429 g/mol. The first kappa shape index (κ1) is 21.1. The van der Waals surface area contributed by atoms with Crippen molar-refractivity contribution in [1.82, 2.24) is 21.1 Å². The molecule has 0 saturated carbocycles. The second kappa shape index (κ2) is 9.79. The van der Waals surface area contributed by atoms with E-state index in [0.29, 0.717) is 17.6 Å². The van der Waals surface area contributed by atoms with E-state index >= 15 is 0 Å². The number of hydrazine groups is 1. The largest absolute Gasteiger partial charge is 0.497 e. The Hall–Kier alpha value is -2.12. The molecule has 2 aromatic rings. The molecular formula is C23H29ClN4O2. The molecule has 1 amide bonds. The molecule has 0 aliphatic carbocycles. The number of rotatable bonds is 6. The number of ether oxygens (including phenoxy) is 1. The molecule has 160 valence electrons. The molecule has 2 atom stereocenters. The molecule has 3 N–H and O–H groups in total. The summed E-state index contributed by atoms with van der Waals surface area (Å²) >= 11 is 5.91. The van der Waals surface area contributed by atoms with Crippen molar-refractivity contribution >= 4 is 17.5 Å². The normalized spacial score (nSPS) is 22.7. The van der Waals surface area contributed by atoms with Crippen LogP contribution >= 0.6 is 11.6 Å². The van der Waals surface area contributed by atoms with Crippen LogP contribution in [0.15, 0.2) is 48.5 Å². The highest BCUT2D eigenvalue weighted by Gasteiger charge is 2.32. The van der Waals surface area contributed by atoms with Crippen LogP contribution in [-0.4, -0.2) is 43.2 Å². The lowest BCUT2D eigenvalue weighted by molar-refractivity contribution is -0.121. The SMILES string of the molecule is COc1ccc(C2CC(N3CCC(NC(=O)Cc4ccc(Cl)cc4)CC3)NN2)cc1. The summed E-state index contributed by atoms with van der Waals surface area (Å²) in [6.45, 7) is 1.95. The highest BCUT2D eigenvalue weighted by atomic mass is 35.5. The van der Waals surface area contributed by atoms with Gasteiger partial charge in [0.15, 0.2) is 0 Å². The van der Waals surface area contributed by atoms with Gasteiger partial charge >= 0.3 is 0 Å². The first-order chi connectivity index (χ1) is 14.6. The predicted molar refractivity (Wildman–Crippen MR) is 118 cm³/mol. The zero-order valence-corrected chi connectivity index (χ0v) is 18.0. The van der Waals surface area contributed by atoms with Gasteiger partial charge < -0.3 is 10.1 Å². The van der Waals surface area contributed by atoms with Crippen molar-refractivity contribution in [3.63, 3.8) is 0 Å². The highest BCUT2D eigenvalue weighted by molar-refractivity contribution is 6.30. The number of likely N-dealkylation sites (tertiary alicyclic amines) is 1. The molecule has 2 fully saturated rings. The number of halogens is 1. The van der Waals surface area contributed by atoms with Crippen LogP contribution in [0.25, 0.3) is 0 Å². The predicted octanol–water partition coefficient (Wildman–Crippen LogP) is 3.04. The summed E-state index contributed by atoms with van der Waals surface area (Å²) in [4.78, 5) is 14.8. The van der Waals surface area contributed by atoms with Crippen LogP contribution in [0, 0.1) is 0 Å². The molecule has 30 heavy (non-hydrogen) atoms. The summed E-state index contributed by atoms with van der Waals surface area (Å²) in [5.74, 6) is 0.956. The number of piperidine rings is 1. The minimum atomic E-state index is 0.0796. The Kier molecular flexibility index (Phi) is 6.89. The topological polar surface area (TPSA) is 65.6 Å². The van der Waals surface area contributed by atoms with Gasteiger partial charge in [0.1, 0.15) is 5.75 Å². The third-order valence-electron chi connectivity index (χ3n) is 6.01. The molecule has 0 aromatic heterocycles. The molecular weight excluding hydrogens is 400 g/mol. The third-order valence-corrected chi connectivity index (χ3v) is 6.27.